The van der Waals surface area contributed by atoms with E-state index in [1.165, 1.54) is 12.8 Å². The number of anilines is 1. The molecule has 0 heterocycles. The molecule has 4 heteroatoms. The molecule has 0 aliphatic heterocycles. The van der Waals surface area contributed by atoms with Crippen molar-refractivity contribution in [2.45, 2.75) is 46.5 Å². The summed E-state index contributed by atoms with van der Waals surface area (Å²) in [6, 6.07) is 5.18. The minimum Gasteiger partial charge on any atom is -0.491 e. The first-order valence-corrected chi connectivity index (χ1v) is 7.85. The van der Waals surface area contributed by atoms with Crippen LogP contribution >= 0.6 is 0 Å². The van der Waals surface area contributed by atoms with E-state index >= 15 is 0 Å². The summed E-state index contributed by atoms with van der Waals surface area (Å²) in [5, 5.41) is 2.93. The number of unbranched alkanes of at least 4 members (excludes halogenated alkanes) is 3. The van der Waals surface area contributed by atoms with Crippen LogP contribution in [-0.4, -0.2) is 19.1 Å². The van der Waals surface area contributed by atoms with Crippen molar-refractivity contribution in [2.75, 3.05) is 18.9 Å². The van der Waals surface area contributed by atoms with E-state index in [0.29, 0.717) is 36.1 Å². The lowest BCUT2D eigenvalue weighted by atomic mass is 10.1. The number of ether oxygens (including phenoxy) is 1. The van der Waals surface area contributed by atoms with Crippen molar-refractivity contribution in [1.29, 1.82) is 0 Å². The molecule has 0 bridgehead atoms. The fourth-order valence-electron chi connectivity index (χ4n) is 1.91. The molecular weight excluding hydrogens is 264 g/mol. The average molecular weight is 292 g/mol. The predicted molar refractivity (Wildman–Crippen MR) is 87.7 cm³/mol. The second kappa shape index (κ2) is 9.27. The monoisotopic (exact) mass is 292 g/mol. The van der Waals surface area contributed by atoms with E-state index in [-0.39, 0.29) is 5.91 Å². The maximum absolute atomic E-state index is 12.1. The van der Waals surface area contributed by atoms with Crippen molar-refractivity contribution in [3.63, 3.8) is 0 Å². The van der Waals surface area contributed by atoms with Crippen molar-refractivity contribution >= 4 is 11.6 Å². The van der Waals surface area contributed by atoms with Crippen LogP contribution in [0.1, 0.15) is 56.8 Å². The number of rotatable bonds is 9. The molecule has 1 aromatic rings. The lowest BCUT2D eigenvalue weighted by molar-refractivity contribution is 0.0952. The molecule has 0 saturated carbocycles. The third-order valence-electron chi connectivity index (χ3n) is 3.16. The minimum absolute atomic E-state index is 0.0686. The number of hydrogen-bond donors (Lipinski definition) is 2. The number of carbonyl (C=O) groups excluding carboxylic acids is 1. The van der Waals surface area contributed by atoms with Gasteiger partial charge in [0.2, 0.25) is 0 Å². The summed E-state index contributed by atoms with van der Waals surface area (Å²) in [7, 11) is 0. The third-order valence-corrected chi connectivity index (χ3v) is 3.16. The topological polar surface area (TPSA) is 64.4 Å². The Bertz CT molecular complexity index is 444. The highest BCUT2D eigenvalue weighted by molar-refractivity contribution is 5.95. The molecule has 4 nitrogen and oxygen atoms in total. The number of nitrogens with one attached hydrogen (secondary N) is 1. The third kappa shape index (κ3) is 6.52. The lowest BCUT2D eigenvalue weighted by Gasteiger charge is -2.12. The number of benzene rings is 1. The van der Waals surface area contributed by atoms with Gasteiger partial charge in [0.25, 0.3) is 5.91 Å². The Morgan fingerprint density at radius 2 is 2.05 bits per heavy atom. The molecule has 0 aromatic heterocycles. The summed E-state index contributed by atoms with van der Waals surface area (Å²) in [5.41, 5.74) is 7.03. The van der Waals surface area contributed by atoms with Gasteiger partial charge in [-0.3, -0.25) is 4.79 Å². The molecule has 1 rings (SSSR count). The molecule has 0 unspecified atom stereocenters. The Morgan fingerprint density at radius 3 is 2.71 bits per heavy atom. The van der Waals surface area contributed by atoms with E-state index in [0.717, 1.165) is 12.8 Å². The Balaban J connectivity index is 2.53. The average Bonchev–Trinajstić information content (AvgIpc) is 2.45. The fourth-order valence-corrected chi connectivity index (χ4v) is 1.91. The summed E-state index contributed by atoms with van der Waals surface area (Å²) in [4.78, 5) is 12.1. The van der Waals surface area contributed by atoms with Gasteiger partial charge in [0, 0.05) is 12.1 Å². The summed E-state index contributed by atoms with van der Waals surface area (Å²) in [6.07, 6.45) is 4.58. The maximum atomic E-state index is 12.1. The molecule has 1 aromatic carbocycles. The summed E-state index contributed by atoms with van der Waals surface area (Å²) >= 11 is 0. The van der Waals surface area contributed by atoms with Gasteiger partial charge in [-0.15, -0.1) is 0 Å². The van der Waals surface area contributed by atoms with Gasteiger partial charge in [-0.2, -0.15) is 0 Å². The van der Waals surface area contributed by atoms with E-state index in [1.807, 2.05) is 0 Å². The van der Waals surface area contributed by atoms with E-state index in [9.17, 15) is 4.79 Å². The molecule has 118 valence electrons. The number of hydrogen-bond acceptors (Lipinski definition) is 3. The summed E-state index contributed by atoms with van der Waals surface area (Å²) in [6.45, 7) is 7.62. The van der Waals surface area contributed by atoms with Crippen molar-refractivity contribution in [2.24, 2.45) is 5.92 Å². The minimum atomic E-state index is -0.0686. The van der Waals surface area contributed by atoms with E-state index in [2.05, 4.69) is 26.1 Å². The smallest absolute Gasteiger partial charge is 0.251 e. The van der Waals surface area contributed by atoms with Crippen LogP contribution in [-0.2, 0) is 0 Å². The van der Waals surface area contributed by atoms with E-state index < -0.39 is 0 Å². The zero-order chi connectivity index (χ0) is 15.7. The van der Waals surface area contributed by atoms with Crippen molar-refractivity contribution in [3.05, 3.63) is 23.8 Å². The zero-order valence-electron chi connectivity index (χ0n) is 13.4. The standard InChI is InChI=1S/C17H28N2O2/c1-4-5-6-7-10-19-17(20)14-8-9-15(18)16(11-14)21-12-13(2)3/h8-9,11,13H,4-7,10,12,18H2,1-3H3,(H,19,20). The second-order valence-corrected chi connectivity index (χ2v) is 5.77. The largest absolute Gasteiger partial charge is 0.491 e. The van der Waals surface area contributed by atoms with Crippen LogP contribution in [0.5, 0.6) is 5.75 Å². The first-order chi connectivity index (χ1) is 10.0. The number of nitrogen functional groups attached to an aromatic ring is 1. The van der Waals surface area contributed by atoms with Crippen molar-refractivity contribution in [1.82, 2.24) is 5.32 Å². The van der Waals surface area contributed by atoms with Crippen LogP contribution in [0.4, 0.5) is 5.69 Å². The van der Waals surface area contributed by atoms with Gasteiger partial charge in [0.1, 0.15) is 5.75 Å². The molecular formula is C17H28N2O2. The molecule has 0 aliphatic carbocycles. The highest BCUT2D eigenvalue weighted by atomic mass is 16.5. The highest BCUT2D eigenvalue weighted by Crippen LogP contribution is 2.23. The van der Waals surface area contributed by atoms with Crippen LogP contribution < -0.4 is 15.8 Å². The normalized spacial score (nSPS) is 10.7. The molecule has 0 radical (unpaired) electrons. The fraction of sp³-hybridized carbons (Fsp3) is 0.588. The van der Waals surface area contributed by atoms with Gasteiger partial charge in [-0.05, 0) is 30.5 Å². The summed E-state index contributed by atoms with van der Waals surface area (Å²) < 4.78 is 5.64. The number of nitrogens with two attached hydrogens (primary N) is 1. The molecule has 1 amide bonds. The molecule has 0 spiro atoms. The Morgan fingerprint density at radius 1 is 1.29 bits per heavy atom. The van der Waals surface area contributed by atoms with Crippen LogP contribution in [0, 0.1) is 5.92 Å². The van der Waals surface area contributed by atoms with Crippen molar-refractivity contribution < 1.29 is 9.53 Å². The Labute approximate surface area is 128 Å². The SMILES string of the molecule is CCCCCCNC(=O)c1ccc(N)c(OCC(C)C)c1. The Hall–Kier alpha value is -1.71. The highest BCUT2D eigenvalue weighted by Gasteiger charge is 2.09. The molecule has 3 N–H and O–H groups in total. The van der Waals surface area contributed by atoms with Gasteiger partial charge in [0.05, 0.1) is 12.3 Å². The molecule has 0 atom stereocenters. The molecule has 0 aliphatic rings. The van der Waals surface area contributed by atoms with E-state index in [1.54, 1.807) is 18.2 Å². The number of amides is 1. The van der Waals surface area contributed by atoms with Crippen LogP contribution in [0.2, 0.25) is 0 Å². The molecule has 0 saturated heterocycles. The lowest BCUT2D eigenvalue weighted by Crippen LogP contribution is -2.24. The van der Waals surface area contributed by atoms with Crippen molar-refractivity contribution in [3.8, 4) is 5.75 Å². The van der Waals surface area contributed by atoms with Gasteiger partial charge in [0.15, 0.2) is 0 Å². The van der Waals surface area contributed by atoms with Crippen LogP contribution in [0.15, 0.2) is 18.2 Å². The first kappa shape index (κ1) is 17.3. The maximum Gasteiger partial charge on any atom is 0.251 e. The van der Waals surface area contributed by atoms with Gasteiger partial charge < -0.3 is 15.8 Å². The quantitative estimate of drug-likeness (QED) is 0.540. The van der Waals surface area contributed by atoms with Gasteiger partial charge in [-0.25, -0.2) is 0 Å². The Kier molecular flexibility index (Phi) is 7.65. The number of carbonyl (C=O) groups is 1. The van der Waals surface area contributed by atoms with Gasteiger partial charge >= 0.3 is 0 Å². The van der Waals surface area contributed by atoms with Gasteiger partial charge in [-0.1, -0.05) is 40.0 Å². The predicted octanol–water partition coefficient (Wildman–Crippen LogP) is 3.61. The van der Waals surface area contributed by atoms with E-state index in [4.69, 9.17) is 10.5 Å². The first-order valence-electron chi connectivity index (χ1n) is 7.85. The molecule has 21 heavy (non-hydrogen) atoms. The summed E-state index contributed by atoms with van der Waals surface area (Å²) in [5.74, 6) is 0.934. The molecule has 0 fully saturated rings. The second-order valence-electron chi connectivity index (χ2n) is 5.77. The zero-order valence-corrected chi connectivity index (χ0v) is 13.4. The van der Waals surface area contributed by atoms with Crippen LogP contribution in [0.25, 0.3) is 0 Å². The van der Waals surface area contributed by atoms with Crippen LogP contribution in [0.3, 0.4) is 0 Å².